The number of benzene rings is 2. The van der Waals surface area contributed by atoms with E-state index in [9.17, 15) is 8.42 Å². The third-order valence-electron chi connectivity index (χ3n) is 4.14. The number of ether oxygens (including phenoxy) is 1. The highest BCUT2D eigenvalue weighted by Gasteiger charge is 2.15. The molecule has 0 radical (unpaired) electrons. The first kappa shape index (κ1) is 26.2. The van der Waals surface area contributed by atoms with Crippen LogP contribution >= 0.6 is 24.0 Å². The molecule has 7 nitrogen and oxygen atoms in total. The minimum Gasteiger partial charge on any atom is -0.497 e. The lowest BCUT2D eigenvalue weighted by Gasteiger charge is -2.15. The second-order valence-corrected chi connectivity index (χ2v) is 8.69. The van der Waals surface area contributed by atoms with E-state index in [4.69, 9.17) is 4.74 Å². The number of halogens is 1. The summed E-state index contributed by atoms with van der Waals surface area (Å²) in [6, 6.07) is 15.2. The number of rotatable bonds is 9. The van der Waals surface area contributed by atoms with Gasteiger partial charge in [0.15, 0.2) is 5.96 Å². The molecule has 0 fully saturated rings. The third-order valence-corrected chi connectivity index (χ3v) is 5.66. The van der Waals surface area contributed by atoms with Crippen LogP contribution in [0, 0.1) is 0 Å². The zero-order chi connectivity index (χ0) is 21.3. The molecule has 0 saturated carbocycles. The van der Waals surface area contributed by atoms with Gasteiger partial charge in [-0.2, -0.15) is 0 Å². The van der Waals surface area contributed by atoms with Crippen molar-refractivity contribution in [3.63, 3.8) is 0 Å². The summed E-state index contributed by atoms with van der Waals surface area (Å²) in [5.41, 5.74) is 2.74. The summed E-state index contributed by atoms with van der Waals surface area (Å²) in [6.07, 6.45) is 0. The summed E-state index contributed by atoms with van der Waals surface area (Å²) in [5.74, 6) is 1.38. The van der Waals surface area contributed by atoms with E-state index in [0.29, 0.717) is 19.0 Å². The molecular formula is C21H31IN4O3S. The normalized spacial score (nSPS) is 11.7. The van der Waals surface area contributed by atoms with Gasteiger partial charge in [-0.15, -0.1) is 24.0 Å². The van der Waals surface area contributed by atoms with Crippen molar-refractivity contribution < 1.29 is 13.2 Å². The molecule has 0 atom stereocenters. The Kier molecular flexibility index (Phi) is 11.1. The van der Waals surface area contributed by atoms with Crippen LogP contribution in [0.5, 0.6) is 5.75 Å². The number of nitrogens with zero attached hydrogens (tertiary/aromatic N) is 1. The van der Waals surface area contributed by atoms with Crippen LogP contribution in [0.1, 0.15) is 30.5 Å². The average molecular weight is 546 g/mol. The molecule has 0 amide bonds. The molecule has 2 rings (SSSR count). The summed E-state index contributed by atoms with van der Waals surface area (Å²) in [6.45, 7) is 4.67. The van der Waals surface area contributed by atoms with E-state index >= 15 is 0 Å². The molecule has 166 valence electrons. The number of hydrogen-bond donors (Lipinski definition) is 3. The highest BCUT2D eigenvalue weighted by Crippen LogP contribution is 2.13. The molecule has 30 heavy (non-hydrogen) atoms. The summed E-state index contributed by atoms with van der Waals surface area (Å²) in [5, 5.41) is 6.50. The Morgan fingerprint density at radius 1 is 1.03 bits per heavy atom. The Labute approximate surface area is 196 Å². The van der Waals surface area contributed by atoms with Gasteiger partial charge in [-0.1, -0.05) is 36.4 Å². The minimum absolute atomic E-state index is 0. The number of methoxy groups -OCH3 is 1. The maximum absolute atomic E-state index is 12.3. The molecule has 0 aliphatic heterocycles. The van der Waals surface area contributed by atoms with Gasteiger partial charge < -0.3 is 15.4 Å². The van der Waals surface area contributed by atoms with E-state index in [-0.39, 0.29) is 35.8 Å². The lowest BCUT2D eigenvalue weighted by Crippen LogP contribution is -2.36. The van der Waals surface area contributed by atoms with Gasteiger partial charge in [-0.25, -0.2) is 13.1 Å². The maximum Gasteiger partial charge on any atom is 0.216 e. The highest BCUT2D eigenvalue weighted by molar-refractivity contribution is 14.0. The van der Waals surface area contributed by atoms with E-state index in [1.165, 1.54) is 0 Å². The molecule has 0 heterocycles. The first-order chi connectivity index (χ1) is 13.8. The number of guanidine groups is 1. The maximum atomic E-state index is 12.3. The Morgan fingerprint density at radius 3 is 2.33 bits per heavy atom. The Bertz CT molecular complexity index is 933. The number of hydrogen-bond acceptors (Lipinski definition) is 4. The quantitative estimate of drug-likeness (QED) is 0.256. The predicted octanol–water partition coefficient (Wildman–Crippen LogP) is 3.01. The van der Waals surface area contributed by atoms with Crippen LogP contribution < -0.4 is 20.1 Å². The summed E-state index contributed by atoms with van der Waals surface area (Å²) in [7, 11) is -0.0504. The van der Waals surface area contributed by atoms with E-state index < -0.39 is 10.0 Å². The summed E-state index contributed by atoms with van der Waals surface area (Å²) >= 11 is 0. The van der Waals surface area contributed by atoms with Gasteiger partial charge in [-0.05, 0) is 42.7 Å². The van der Waals surface area contributed by atoms with E-state index in [0.717, 1.165) is 22.4 Å². The molecular weight excluding hydrogens is 515 g/mol. The summed E-state index contributed by atoms with van der Waals surface area (Å²) in [4.78, 5) is 4.24. The Hall–Kier alpha value is -1.85. The van der Waals surface area contributed by atoms with E-state index in [1.807, 2.05) is 62.4 Å². The van der Waals surface area contributed by atoms with Crippen molar-refractivity contribution in [2.24, 2.45) is 4.99 Å². The molecule has 0 spiro atoms. The van der Waals surface area contributed by atoms with Crippen LogP contribution in [0.25, 0.3) is 0 Å². The molecule has 0 aliphatic rings. The first-order valence-electron chi connectivity index (χ1n) is 9.47. The van der Waals surface area contributed by atoms with Crippen molar-refractivity contribution in [2.45, 2.75) is 38.7 Å². The molecule has 0 unspecified atom stereocenters. The number of sulfonamides is 1. The molecule has 0 aliphatic carbocycles. The van der Waals surface area contributed by atoms with Crippen molar-refractivity contribution >= 4 is 40.0 Å². The fourth-order valence-electron chi connectivity index (χ4n) is 2.84. The van der Waals surface area contributed by atoms with Crippen LogP contribution in [-0.4, -0.2) is 34.6 Å². The number of aliphatic imine (C=N–C) groups is 1. The van der Waals surface area contributed by atoms with Gasteiger partial charge in [0.2, 0.25) is 10.0 Å². The lowest BCUT2D eigenvalue weighted by molar-refractivity contribution is 0.414. The zero-order valence-corrected chi connectivity index (χ0v) is 21.0. The van der Waals surface area contributed by atoms with Crippen LogP contribution in [0.4, 0.5) is 0 Å². The molecule has 9 heteroatoms. The predicted molar refractivity (Wildman–Crippen MR) is 133 cm³/mol. The molecule has 0 saturated heterocycles. The summed E-state index contributed by atoms with van der Waals surface area (Å²) < 4.78 is 32.4. The standard InChI is InChI=1S/C21H30N4O3S.HI/c1-16(2)25-29(26,27)15-19-10-6-5-9-18(19)14-24-21(22-3)23-13-17-8-7-11-20(12-17)28-4;/h5-12,16,25H,13-15H2,1-4H3,(H2,22,23,24);1H. The Balaban J connectivity index is 0.00000450. The van der Waals surface area contributed by atoms with Gasteiger partial charge in [0.05, 0.1) is 12.9 Å². The molecule has 2 aromatic rings. The second kappa shape index (κ2) is 12.8. The van der Waals surface area contributed by atoms with Crippen molar-refractivity contribution in [1.82, 2.24) is 15.4 Å². The van der Waals surface area contributed by atoms with Gasteiger partial charge in [0.1, 0.15) is 5.75 Å². The zero-order valence-electron chi connectivity index (χ0n) is 17.8. The topological polar surface area (TPSA) is 91.8 Å². The smallest absolute Gasteiger partial charge is 0.216 e. The van der Waals surface area contributed by atoms with E-state index in [1.54, 1.807) is 14.2 Å². The second-order valence-electron chi connectivity index (χ2n) is 6.93. The van der Waals surface area contributed by atoms with Gasteiger partial charge in [0, 0.05) is 26.2 Å². The van der Waals surface area contributed by atoms with Gasteiger partial charge in [-0.3, -0.25) is 4.99 Å². The number of nitrogens with one attached hydrogen (secondary N) is 3. The molecule has 3 N–H and O–H groups in total. The SMILES string of the molecule is CN=C(NCc1cccc(OC)c1)NCc1ccccc1CS(=O)(=O)NC(C)C.I. The third kappa shape index (κ3) is 8.88. The molecule has 0 aromatic heterocycles. The monoisotopic (exact) mass is 546 g/mol. The van der Waals surface area contributed by atoms with Crippen molar-refractivity contribution in [3.8, 4) is 5.75 Å². The first-order valence-corrected chi connectivity index (χ1v) is 11.1. The van der Waals surface area contributed by atoms with Crippen LogP contribution in [0.2, 0.25) is 0 Å². The lowest BCUT2D eigenvalue weighted by atomic mass is 10.1. The van der Waals surface area contributed by atoms with Gasteiger partial charge in [0.25, 0.3) is 0 Å². The highest BCUT2D eigenvalue weighted by atomic mass is 127. The van der Waals surface area contributed by atoms with Crippen molar-refractivity contribution in [3.05, 3.63) is 65.2 Å². The van der Waals surface area contributed by atoms with Crippen LogP contribution in [-0.2, 0) is 28.9 Å². The minimum atomic E-state index is -3.39. The molecule has 0 bridgehead atoms. The Morgan fingerprint density at radius 2 is 1.70 bits per heavy atom. The fourth-order valence-corrected chi connectivity index (χ4v) is 4.34. The average Bonchev–Trinajstić information content (AvgIpc) is 2.68. The van der Waals surface area contributed by atoms with E-state index in [2.05, 4.69) is 20.3 Å². The molecule has 2 aromatic carbocycles. The van der Waals surface area contributed by atoms with Crippen molar-refractivity contribution in [1.29, 1.82) is 0 Å². The van der Waals surface area contributed by atoms with Gasteiger partial charge >= 0.3 is 0 Å². The van der Waals surface area contributed by atoms with Crippen molar-refractivity contribution in [2.75, 3.05) is 14.2 Å². The fraction of sp³-hybridized carbons (Fsp3) is 0.381. The largest absolute Gasteiger partial charge is 0.497 e. The van der Waals surface area contributed by atoms with Crippen LogP contribution in [0.15, 0.2) is 53.5 Å². The van der Waals surface area contributed by atoms with Crippen LogP contribution in [0.3, 0.4) is 0 Å².